The fourth-order valence-corrected chi connectivity index (χ4v) is 1.88. The van der Waals surface area contributed by atoms with E-state index in [1.54, 1.807) is 0 Å². The minimum Gasteiger partial charge on any atom is -0.370 e. The monoisotopic (exact) mass is 232 g/mol. The number of aliphatic imine (C=N–C) groups is 2. The lowest BCUT2D eigenvalue weighted by molar-refractivity contribution is 0.644. The summed E-state index contributed by atoms with van der Waals surface area (Å²) in [5.41, 5.74) is 19.4. The summed E-state index contributed by atoms with van der Waals surface area (Å²) in [6.07, 6.45) is 1.00. The molecular weight excluding hydrogens is 216 g/mol. The molecule has 0 aromatic heterocycles. The van der Waals surface area contributed by atoms with Crippen molar-refractivity contribution in [1.82, 2.24) is 5.32 Å². The van der Waals surface area contributed by atoms with Crippen molar-refractivity contribution in [2.45, 2.75) is 13.0 Å². The zero-order valence-corrected chi connectivity index (χ0v) is 9.48. The second-order valence-electron chi connectivity index (χ2n) is 3.85. The van der Waals surface area contributed by atoms with Crippen molar-refractivity contribution < 1.29 is 0 Å². The first-order chi connectivity index (χ1) is 8.16. The van der Waals surface area contributed by atoms with Crippen molar-refractivity contribution in [2.24, 2.45) is 27.2 Å². The molecule has 17 heavy (non-hydrogen) atoms. The van der Waals surface area contributed by atoms with Crippen molar-refractivity contribution in [1.29, 1.82) is 0 Å². The molecule has 1 heterocycles. The second kappa shape index (κ2) is 4.84. The van der Waals surface area contributed by atoms with Gasteiger partial charge in [0.25, 0.3) is 0 Å². The highest BCUT2D eigenvalue weighted by Crippen LogP contribution is 2.25. The van der Waals surface area contributed by atoms with Gasteiger partial charge in [0.2, 0.25) is 5.96 Å². The molecule has 0 fully saturated rings. The molecule has 1 aliphatic rings. The van der Waals surface area contributed by atoms with Crippen LogP contribution in [-0.4, -0.2) is 18.5 Å². The van der Waals surface area contributed by atoms with E-state index in [4.69, 9.17) is 17.2 Å². The lowest BCUT2D eigenvalue weighted by atomic mass is 9.99. The van der Waals surface area contributed by atoms with Crippen LogP contribution in [0.4, 0.5) is 5.69 Å². The Labute approximate surface area is 99.6 Å². The maximum absolute atomic E-state index is 5.62. The van der Waals surface area contributed by atoms with E-state index in [1.165, 1.54) is 5.56 Å². The maximum atomic E-state index is 5.62. The van der Waals surface area contributed by atoms with E-state index < -0.39 is 0 Å². The van der Waals surface area contributed by atoms with E-state index >= 15 is 0 Å². The Morgan fingerprint density at radius 2 is 2.06 bits per heavy atom. The van der Waals surface area contributed by atoms with Gasteiger partial charge < -0.3 is 22.5 Å². The van der Waals surface area contributed by atoms with Gasteiger partial charge in [-0.2, -0.15) is 4.99 Å². The van der Waals surface area contributed by atoms with Gasteiger partial charge in [0.1, 0.15) is 0 Å². The first kappa shape index (κ1) is 11.4. The highest BCUT2D eigenvalue weighted by atomic mass is 15.1. The molecule has 0 bridgehead atoms. The van der Waals surface area contributed by atoms with Crippen LogP contribution in [0.5, 0.6) is 0 Å². The zero-order valence-electron chi connectivity index (χ0n) is 9.48. The van der Waals surface area contributed by atoms with Crippen LogP contribution in [0, 0.1) is 0 Å². The molecule has 7 N–H and O–H groups in total. The first-order valence-electron chi connectivity index (χ1n) is 5.42. The smallest absolute Gasteiger partial charge is 0.223 e. The van der Waals surface area contributed by atoms with E-state index in [1.807, 2.05) is 12.1 Å². The van der Waals surface area contributed by atoms with Crippen molar-refractivity contribution in [3.8, 4) is 0 Å². The number of hydrogen-bond donors (Lipinski definition) is 4. The van der Waals surface area contributed by atoms with Crippen LogP contribution in [0.25, 0.3) is 0 Å². The predicted molar refractivity (Wildman–Crippen MR) is 68.9 cm³/mol. The molecule has 0 spiro atoms. The van der Waals surface area contributed by atoms with Gasteiger partial charge in [0.15, 0.2) is 5.96 Å². The molecule has 6 nitrogen and oxygen atoms in total. The number of nitrogens with zero attached hydrogens (tertiary/aromatic N) is 2. The largest absolute Gasteiger partial charge is 0.370 e. The number of nitrogens with one attached hydrogen (secondary N) is 1. The Hall–Kier alpha value is -2.08. The fraction of sp³-hybridized carbons (Fsp3) is 0.273. The normalized spacial score (nSPS) is 15.2. The van der Waals surface area contributed by atoms with E-state index in [0.29, 0.717) is 0 Å². The molecule has 90 valence electrons. The minimum absolute atomic E-state index is 0.0731. The number of nitrogens with two attached hydrogens (primary N) is 3. The van der Waals surface area contributed by atoms with Crippen molar-refractivity contribution >= 4 is 17.6 Å². The molecule has 2 rings (SSSR count). The third-order valence-electron chi connectivity index (χ3n) is 2.60. The van der Waals surface area contributed by atoms with Gasteiger partial charge in [-0.1, -0.05) is 12.1 Å². The first-order valence-corrected chi connectivity index (χ1v) is 5.42. The summed E-state index contributed by atoms with van der Waals surface area (Å²) in [6.45, 7) is 1.79. The quantitative estimate of drug-likeness (QED) is 0.388. The Morgan fingerprint density at radius 3 is 2.82 bits per heavy atom. The average molecular weight is 232 g/mol. The minimum atomic E-state index is -0.0887. The lowest BCUT2D eigenvalue weighted by Gasteiger charge is -2.18. The summed E-state index contributed by atoms with van der Waals surface area (Å²) < 4.78 is 0. The number of hydrogen-bond acceptors (Lipinski definition) is 2. The molecule has 0 radical (unpaired) electrons. The van der Waals surface area contributed by atoms with E-state index in [0.717, 1.165) is 30.8 Å². The third-order valence-corrected chi connectivity index (χ3v) is 2.60. The van der Waals surface area contributed by atoms with E-state index in [-0.39, 0.29) is 11.9 Å². The molecule has 1 aromatic carbocycles. The van der Waals surface area contributed by atoms with Crippen LogP contribution < -0.4 is 22.5 Å². The molecule has 6 heteroatoms. The van der Waals surface area contributed by atoms with Gasteiger partial charge in [0.05, 0.1) is 5.69 Å². The molecule has 0 unspecified atom stereocenters. The van der Waals surface area contributed by atoms with Crippen LogP contribution in [0.15, 0.2) is 28.2 Å². The number of guanidine groups is 2. The predicted octanol–water partition coefficient (Wildman–Crippen LogP) is -0.448. The molecule has 0 saturated heterocycles. The van der Waals surface area contributed by atoms with Gasteiger partial charge in [-0.05, 0) is 30.2 Å². The van der Waals surface area contributed by atoms with E-state index in [9.17, 15) is 0 Å². The third kappa shape index (κ3) is 2.73. The summed E-state index contributed by atoms with van der Waals surface area (Å²) in [6, 6.07) is 5.97. The van der Waals surface area contributed by atoms with Crippen LogP contribution in [0.2, 0.25) is 0 Å². The molecule has 0 aliphatic carbocycles. The fourth-order valence-electron chi connectivity index (χ4n) is 1.88. The Bertz CT molecular complexity index is 473. The molecule has 1 aliphatic heterocycles. The van der Waals surface area contributed by atoms with Crippen LogP contribution in [0.3, 0.4) is 0 Å². The Kier molecular flexibility index (Phi) is 3.24. The molecule has 0 amide bonds. The van der Waals surface area contributed by atoms with Crippen LogP contribution in [-0.2, 0) is 13.0 Å². The Balaban J connectivity index is 2.36. The van der Waals surface area contributed by atoms with Crippen LogP contribution >= 0.6 is 0 Å². The van der Waals surface area contributed by atoms with Crippen LogP contribution in [0.1, 0.15) is 11.1 Å². The number of rotatable bonds is 1. The Morgan fingerprint density at radius 1 is 1.24 bits per heavy atom. The molecule has 0 atom stereocenters. The molecular formula is C11H16N6. The van der Waals surface area contributed by atoms with Gasteiger partial charge in [0, 0.05) is 6.54 Å². The topological polar surface area (TPSA) is 115 Å². The van der Waals surface area contributed by atoms with Gasteiger partial charge in [-0.3, -0.25) is 0 Å². The maximum Gasteiger partial charge on any atom is 0.223 e. The number of benzene rings is 1. The highest BCUT2D eigenvalue weighted by Gasteiger charge is 2.11. The summed E-state index contributed by atoms with van der Waals surface area (Å²) in [5, 5.41) is 3.30. The molecule has 0 saturated carbocycles. The highest BCUT2D eigenvalue weighted by molar-refractivity contribution is 5.93. The standard InChI is InChI=1S/C11H16N6/c12-10(13)17-11(14)16-9-3-1-2-7-4-5-15-6-8(7)9/h1-3,15H,4-6H2,(H6,12,13,14,16,17). The SMILES string of the molecule is NC(N)=NC(N)=Nc1cccc2c1CNCC2. The average Bonchev–Trinajstić information content (AvgIpc) is 2.28. The van der Waals surface area contributed by atoms with E-state index in [2.05, 4.69) is 21.4 Å². The van der Waals surface area contributed by atoms with Crippen molar-refractivity contribution in [3.63, 3.8) is 0 Å². The second-order valence-corrected chi connectivity index (χ2v) is 3.85. The van der Waals surface area contributed by atoms with Crippen molar-refractivity contribution in [2.75, 3.05) is 6.54 Å². The van der Waals surface area contributed by atoms with Gasteiger partial charge in [-0.15, -0.1) is 0 Å². The van der Waals surface area contributed by atoms with Gasteiger partial charge >= 0.3 is 0 Å². The number of fused-ring (bicyclic) bond motifs is 1. The summed E-state index contributed by atoms with van der Waals surface area (Å²) in [5.74, 6) is -0.0156. The van der Waals surface area contributed by atoms with Gasteiger partial charge in [-0.25, -0.2) is 4.99 Å². The summed E-state index contributed by atoms with van der Waals surface area (Å²) in [7, 11) is 0. The summed E-state index contributed by atoms with van der Waals surface area (Å²) in [4.78, 5) is 7.92. The summed E-state index contributed by atoms with van der Waals surface area (Å²) >= 11 is 0. The van der Waals surface area contributed by atoms with Crippen molar-refractivity contribution in [3.05, 3.63) is 29.3 Å². The molecule has 1 aromatic rings. The zero-order chi connectivity index (χ0) is 12.3. The lowest BCUT2D eigenvalue weighted by Crippen LogP contribution is -2.26.